The molecule has 0 radical (unpaired) electrons. The minimum atomic E-state index is -0.0721. The molecule has 2 unspecified atom stereocenters. The molecule has 0 aromatic carbocycles. The van der Waals surface area contributed by atoms with E-state index in [2.05, 4.69) is 10.3 Å². The highest BCUT2D eigenvalue weighted by Crippen LogP contribution is 2.25. The Hall–Kier alpha value is -1.62. The zero-order valence-corrected chi connectivity index (χ0v) is 9.85. The maximum Gasteiger partial charge on any atom is 0.229 e. The number of hydrogen-bond acceptors (Lipinski definition) is 4. The van der Waals surface area contributed by atoms with Crippen LogP contribution in [-0.4, -0.2) is 24.0 Å². The molecule has 1 aromatic heterocycles. The Labute approximate surface area is 100 Å². The first-order valence-corrected chi connectivity index (χ1v) is 5.77. The third-order valence-electron chi connectivity index (χ3n) is 3.12. The molecule has 1 heterocycles. The van der Waals surface area contributed by atoms with Crippen molar-refractivity contribution in [3.8, 4) is 5.88 Å². The standard InChI is InChI=1S/C12H17N3O2/c1-17-11-6-5-8(7-14-11)15-12(16)9-3-2-4-10(9)13/h5-7,9-10H,2-4,13H2,1H3,(H,15,16). The first-order valence-electron chi connectivity index (χ1n) is 5.77. The number of rotatable bonds is 3. The van der Waals surface area contributed by atoms with Gasteiger partial charge in [0.05, 0.1) is 24.9 Å². The molecule has 1 aliphatic carbocycles. The minimum Gasteiger partial charge on any atom is -0.481 e. The van der Waals surface area contributed by atoms with Crippen molar-refractivity contribution in [1.82, 2.24) is 4.98 Å². The number of methoxy groups -OCH3 is 1. The summed E-state index contributed by atoms with van der Waals surface area (Å²) in [6.45, 7) is 0. The fourth-order valence-corrected chi connectivity index (χ4v) is 2.12. The van der Waals surface area contributed by atoms with Crippen LogP contribution >= 0.6 is 0 Å². The second-order valence-electron chi connectivity index (χ2n) is 4.28. The Morgan fingerprint density at radius 3 is 2.88 bits per heavy atom. The number of anilines is 1. The maximum absolute atomic E-state index is 11.9. The lowest BCUT2D eigenvalue weighted by atomic mass is 10.0. The van der Waals surface area contributed by atoms with Gasteiger partial charge in [0.1, 0.15) is 0 Å². The molecule has 2 rings (SSSR count). The molecule has 0 spiro atoms. The molecule has 92 valence electrons. The summed E-state index contributed by atoms with van der Waals surface area (Å²) in [7, 11) is 1.55. The van der Waals surface area contributed by atoms with Gasteiger partial charge < -0.3 is 15.8 Å². The fourth-order valence-electron chi connectivity index (χ4n) is 2.12. The molecule has 3 N–H and O–H groups in total. The van der Waals surface area contributed by atoms with Crippen molar-refractivity contribution in [2.24, 2.45) is 11.7 Å². The van der Waals surface area contributed by atoms with Gasteiger partial charge in [0.2, 0.25) is 11.8 Å². The SMILES string of the molecule is COc1ccc(NC(=O)C2CCCC2N)cn1. The number of nitrogens with zero attached hydrogens (tertiary/aromatic N) is 1. The van der Waals surface area contributed by atoms with Crippen LogP contribution in [0.1, 0.15) is 19.3 Å². The van der Waals surface area contributed by atoms with Gasteiger partial charge in [0, 0.05) is 12.1 Å². The highest BCUT2D eigenvalue weighted by Gasteiger charge is 2.30. The number of ether oxygens (including phenoxy) is 1. The van der Waals surface area contributed by atoms with Gasteiger partial charge in [0.15, 0.2) is 0 Å². The Morgan fingerprint density at radius 1 is 1.53 bits per heavy atom. The van der Waals surface area contributed by atoms with Gasteiger partial charge in [0.25, 0.3) is 0 Å². The molecule has 1 aromatic rings. The first kappa shape index (κ1) is 11.9. The second-order valence-corrected chi connectivity index (χ2v) is 4.28. The third kappa shape index (κ3) is 2.74. The number of hydrogen-bond donors (Lipinski definition) is 2. The molecule has 1 amide bonds. The summed E-state index contributed by atoms with van der Waals surface area (Å²) in [4.78, 5) is 16.0. The van der Waals surface area contributed by atoms with E-state index in [0.29, 0.717) is 11.6 Å². The molecular formula is C12H17N3O2. The molecule has 17 heavy (non-hydrogen) atoms. The van der Waals surface area contributed by atoms with E-state index in [1.807, 2.05) is 0 Å². The molecule has 1 saturated carbocycles. The van der Waals surface area contributed by atoms with Gasteiger partial charge in [-0.2, -0.15) is 0 Å². The van der Waals surface area contributed by atoms with Crippen molar-refractivity contribution in [2.75, 3.05) is 12.4 Å². The molecule has 1 fully saturated rings. The van der Waals surface area contributed by atoms with Crippen molar-refractivity contribution in [3.63, 3.8) is 0 Å². The molecule has 0 bridgehead atoms. The molecule has 0 aliphatic heterocycles. The zero-order valence-electron chi connectivity index (χ0n) is 9.85. The Morgan fingerprint density at radius 2 is 2.35 bits per heavy atom. The van der Waals surface area contributed by atoms with Crippen LogP contribution in [0, 0.1) is 5.92 Å². The third-order valence-corrected chi connectivity index (χ3v) is 3.12. The summed E-state index contributed by atoms with van der Waals surface area (Å²) in [5, 5.41) is 2.83. The summed E-state index contributed by atoms with van der Waals surface area (Å²) < 4.78 is 4.95. The Kier molecular flexibility index (Phi) is 3.58. The summed E-state index contributed by atoms with van der Waals surface area (Å²) in [5.74, 6) is 0.444. The van der Waals surface area contributed by atoms with Crippen molar-refractivity contribution in [3.05, 3.63) is 18.3 Å². The zero-order chi connectivity index (χ0) is 12.3. The van der Waals surface area contributed by atoms with Gasteiger partial charge in [-0.25, -0.2) is 4.98 Å². The van der Waals surface area contributed by atoms with E-state index in [-0.39, 0.29) is 17.9 Å². The largest absolute Gasteiger partial charge is 0.481 e. The molecule has 5 nitrogen and oxygen atoms in total. The minimum absolute atomic E-state index is 0.0121. The van der Waals surface area contributed by atoms with E-state index in [1.165, 1.54) is 0 Å². The number of aromatic nitrogens is 1. The van der Waals surface area contributed by atoms with E-state index in [1.54, 1.807) is 25.4 Å². The van der Waals surface area contributed by atoms with Gasteiger partial charge in [-0.05, 0) is 18.9 Å². The average molecular weight is 235 g/mol. The van der Waals surface area contributed by atoms with Crippen LogP contribution < -0.4 is 15.8 Å². The molecule has 2 atom stereocenters. The van der Waals surface area contributed by atoms with Crippen molar-refractivity contribution in [2.45, 2.75) is 25.3 Å². The quantitative estimate of drug-likeness (QED) is 0.824. The lowest BCUT2D eigenvalue weighted by Gasteiger charge is -2.14. The van der Waals surface area contributed by atoms with Crippen LogP contribution in [0.2, 0.25) is 0 Å². The van der Waals surface area contributed by atoms with Gasteiger partial charge in [-0.3, -0.25) is 4.79 Å². The van der Waals surface area contributed by atoms with Crippen molar-refractivity contribution < 1.29 is 9.53 Å². The molecule has 1 aliphatic rings. The van der Waals surface area contributed by atoms with Gasteiger partial charge >= 0.3 is 0 Å². The van der Waals surface area contributed by atoms with E-state index >= 15 is 0 Å². The number of nitrogens with two attached hydrogens (primary N) is 1. The molecular weight excluding hydrogens is 218 g/mol. The van der Waals surface area contributed by atoms with Crippen LogP contribution in [0.3, 0.4) is 0 Å². The van der Waals surface area contributed by atoms with Crippen LogP contribution in [0.4, 0.5) is 5.69 Å². The summed E-state index contributed by atoms with van der Waals surface area (Å²) in [6, 6.07) is 3.47. The van der Waals surface area contributed by atoms with E-state index in [9.17, 15) is 4.79 Å². The highest BCUT2D eigenvalue weighted by molar-refractivity contribution is 5.93. The number of pyridine rings is 1. The number of nitrogens with one attached hydrogen (secondary N) is 1. The smallest absolute Gasteiger partial charge is 0.229 e. The summed E-state index contributed by atoms with van der Waals surface area (Å²) >= 11 is 0. The normalized spacial score (nSPS) is 23.4. The molecule has 5 heteroatoms. The molecule has 0 saturated heterocycles. The maximum atomic E-state index is 11.9. The monoisotopic (exact) mass is 235 g/mol. The van der Waals surface area contributed by atoms with Crippen LogP contribution in [0.5, 0.6) is 5.88 Å². The Bertz CT molecular complexity index is 391. The van der Waals surface area contributed by atoms with Crippen LogP contribution in [-0.2, 0) is 4.79 Å². The van der Waals surface area contributed by atoms with Gasteiger partial charge in [-0.15, -0.1) is 0 Å². The first-order chi connectivity index (χ1) is 8.20. The van der Waals surface area contributed by atoms with Crippen molar-refractivity contribution in [1.29, 1.82) is 0 Å². The summed E-state index contributed by atoms with van der Waals surface area (Å²) in [5.41, 5.74) is 6.56. The van der Waals surface area contributed by atoms with E-state index < -0.39 is 0 Å². The van der Waals surface area contributed by atoms with Gasteiger partial charge in [-0.1, -0.05) is 6.42 Å². The highest BCUT2D eigenvalue weighted by atomic mass is 16.5. The topological polar surface area (TPSA) is 77.2 Å². The van der Waals surface area contributed by atoms with Crippen LogP contribution in [0.15, 0.2) is 18.3 Å². The lowest BCUT2D eigenvalue weighted by molar-refractivity contribution is -0.120. The number of amides is 1. The van der Waals surface area contributed by atoms with Crippen molar-refractivity contribution >= 4 is 11.6 Å². The van der Waals surface area contributed by atoms with E-state index in [4.69, 9.17) is 10.5 Å². The average Bonchev–Trinajstić information content (AvgIpc) is 2.76. The number of carbonyl (C=O) groups excluding carboxylic acids is 1. The predicted molar refractivity (Wildman–Crippen MR) is 64.7 cm³/mol. The van der Waals surface area contributed by atoms with E-state index in [0.717, 1.165) is 19.3 Å². The van der Waals surface area contributed by atoms with Crippen LogP contribution in [0.25, 0.3) is 0 Å². The lowest BCUT2D eigenvalue weighted by Crippen LogP contribution is -2.34. The predicted octanol–water partition coefficient (Wildman–Crippen LogP) is 1.16. The number of carbonyl (C=O) groups is 1. The second kappa shape index (κ2) is 5.14. The fraction of sp³-hybridized carbons (Fsp3) is 0.500. The summed E-state index contributed by atoms with van der Waals surface area (Å²) in [6.07, 6.45) is 4.41. The Balaban J connectivity index is 1.97.